The quantitative estimate of drug-likeness (QED) is 0.643. The van der Waals surface area contributed by atoms with E-state index < -0.39 is 0 Å². The number of amides is 2. The Bertz CT molecular complexity index is 862. The molecular weight excluding hydrogens is 384 g/mol. The van der Waals surface area contributed by atoms with Crippen LogP contribution in [0.4, 0.5) is 5.69 Å². The van der Waals surface area contributed by atoms with Crippen molar-refractivity contribution in [3.63, 3.8) is 0 Å². The second-order valence-corrected chi connectivity index (χ2v) is 7.41. The number of aromatic nitrogens is 1. The molecule has 2 aromatic rings. The topological polar surface area (TPSA) is 87.9 Å². The number of anilines is 1. The normalized spacial score (nSPS) is 14.4. The molecule has 0 radical (unpaired) electrons. The van der Waals surface area contributed by atoms with Gasteiger partial charge < -0.3 is 19.4 Å². The van der Waals surface area contributed by atoms with Crippen molar-refractivity contribution < 1.29 is 18.7 Å². The Balaban J connectivity index is 1.55. The van der Waals surface area contributed by atoms with Gasteiger partial charge in [0.1, 0.15) is 18.6 Å². The summed E-state index contributed by atoms with van der Waals surface area (Å²) in [7, 11) is 0. The number of carbonyl (C=O) groups excluding carboxylic acids is 2. The first kappa shape index (κ1) is 21.8. The van der Waals surface area contributed by atoms with E-state index in [0.29, 0.717) is 17.3 Å². The lowest BCUT2D eigenvalue weighted by molar-refractivity contribution is -0.121. The van der Waals surface area contributed by atoms with Gasteiger partial charge in [-0.2, -0.15) is 0 Å². The molecule has 0 aliphatic carbocycles. The first-order valence-electron chi connectivity index (χ1n) is 10.5. The van der Waals surface area contributed by atoms with Gasteiger partial charge in [0.05, 0.1) is 5.69 Å². The molecule has 3 rings (SSSR count). The maximum Gasteiger partial charge on any atom is 0.273 e. The van der Waals surface area contributed by atoms with Crippen LogP contribution in [0.3, 0.4) is 0 Å². The molecule has 2 amide bonds. The van der Waals surface area contributed by atoms with Crippen LogP contribution in [0.25, 0.3) is 0 Å². The van der Waals surface area contributed by atoms with E-state index >= 15 is 0 Å². The van der Waals surface area contributed by atoms with Crippen LogP contribution in [0.1, 0.15) is 50.0 Å². The molecule has 8 heteroatoms. The molecule has 1 aromatic carbocycles. The number of fused-ring (bicyclic) bond motifs is 1. The summed E-state index contributed by atoms with van der Waals surface area (Å²) in [5, 5.41) is 2.97. The van der Waals surface area contributed by atoms with Gasteiger partial charge >= 0.3 is 0 Å². The number of rotatable bonds is 10. The second kappa shape index (κ2) is 10.2. The highest BCUT2D eigenvalue weighted by atomic mass is 16.5. The summed E-state index contributed by atoms with van der Waals surface area (Å²) in [5.74, 6) is 0.494. The molecule has 8 nitrogen and oxygen atoms in total. The van der Waals surface area contributed by atoms with Gasteiger partial charge in [0.2, 0.25) is 5.89 Å². The molecule has 0 bridgehead atoms. The van der Waals surface area contributed by atoms with Crippen molar-refractivity contribution in [2.24, 2.45) is 0 Å². The lowest BCUT2D eigenvalue weighted by atomic mass is 10.1. The van der Waals surface area contributed by atoms with Crippen LogP contribution in [0.15, 0.2) is 34.9 Å². The fourth-order valence-corrected chi connectivity index (χ4v) is 3.48. The van der Waals surface area contributed by atoms with E-state index in [-0.39, 0.29) is 36.7 Å². The minimum absolute atomic E-state index is 0.0317. The average Bonchev–Trinajstić information content (AvgIpc) is 3.22. The minimum atomic E-state index is -0.269. The first-order valence-corrected chi connectivity index (χ1v) is 10.5. The zero-order valence-electron chi connectivity index (χ0n) is 17.9. The molecule has 162 valence electrons. The SMILES string of the molecule is CCN(CC)CCC[C@@H](C)NC(=O)c1coc(CN2C(=O)COc3ccccc32)n1. The van der Waals surface area contributed by atoms with E-state index in [2.05, 4.69) is 29.0 Å². The maximum atomic E-state index is 12.5. The van der Waals surface area contributed by atoms with Gasteiger partial charge in [-0.3, -0.25) is 14.5 Å². The minimum Gasteiger partial charge on any atom is -0.482 e. The molecule has 0 fully saturated rings. The Kier molecular flexibility index (Phi) is 7.46. The monoisotopic (exact) mass is 414 g/mol. The first-order chi connectivity index (χ1) is 14.5. The average molecular weight is 415 g/mol. The number of ether oxygens (including phenoxy) is 1. The van der Waals surface area contributed by atoms with E-state index in [4.69, 9.17) is 9.15 Å². The molecule has 1 aromatic heterocycles. The molecule has 1 N–H and O–H groups in total. The molecular formula is C22H30N4O4. The molecule has 1 aliphatic rings. The Morgan fingerprint density at radius 2 is 2.07 bits per heavy atom. The van der Waals surface area contributed by atoms with E-state index in [9.17, 15) is 9.59 Å². The summed E-state index contributed by atoms with van der Waals surface area (Å²) in [6.45, 7) is 9.51. The van der Waals surface area contributed by atoms with Gasteiger partial charge in [0.15, 0.2) is 12.3 Å². The smallest absolute Gasteiger partial charge is 0.273 e. The fourth-order valence-electron chi connectivity index (χ4n) is 3.48. The number of hydrogen-bond acceptors (Lipinski definition) is 6. The predicted octanol–water partition coefficient (Wildman–Crippen LogP) is 2.84. The Morgan fingerprint density at radius 1 is 1.30 bits per heavy atom. The molecule has 1 aliphatic heterocycles. The Morgan fingerprint density at radius 3 is 2.83 bits per heavy atom. The molecule has 0 unspecified atom stereocenters. The summed E-state index contributed by atoms with van der Waals surface area (Å²) in [4.78, 5) is 33.0. The van der Waals surface area contributed by atoms with Crippen molar-refractivity contribution in [1.29, 1.82) is 0 Å². The molecule has 0 saturated carbocycles. The van der Waals surface area contributed by atoms with Crippen LogP contribution in [0.2, 0.25) is 0 Å². The van der Waals surface area contributed by atoms with Crippen molar-refractivity contribution in [3.05, 3.63) is 42.1 Å². The van der Waals surface area contributed by atoms with E-state index in [0.717, 1.165) is 32.5 Å². The number of carbonyl (C=O) groups is 2. The molecule has 0 saturated heterocycles. The number of para-hydroxylation sites is 2. The number of nitrogens with one attached hydrogen (secondary N) is 1. The van der Waals surface area contributed by atoms with Gasteiger partial charge in [-0.25, -0.2) is 4.98 Å². The number of hydrogen-bond donors (Lipinski definition) is 1. The second-order valence-electron chi connectivity index (χ2n) is 7.41. The zero-order chi connectivity index (χ0) is 21.5. The van der Waals surface area contributed by atoms with Crippen LogP contribution < -0.4 is 15.0 Å². The maximum absolute atomic E-state index is 12.5. The van der Waals surface area contributed by atoms with Crippen molar-refractivity contribution in [3.8, 4) is 5.75 Å². The third-order valence-electron chi connectivity index (χ3n) is 5.27. The molecule has 2 heterocycles. The number of oxazole rings is 1. The van der Waals surface area contributed by atoms with Crippen molar-refractivity contribution in [2.75, 3.05) is 31.1 Å². The van der Waals surface area contributed by atoms with Crippen molar-refractivity contribution in [2.45, 2.75) is 46.2 Å². The van der Waals surface area contributed by atoms with Gasteiger partial charge in [-0.15, -0.1) is 0 Å². The summed E-state index contributed by atoms with van der Waals surface area (Å²) >= 11 is 0. The van der Waals surface area contributed by atoms with E-state index in [1.165, 1.54) is 6.26 Å². The molecule has 1 atom stereocenters. The predicted molar refractivity (Wildman–Crippen MR) is 114 cm³/mol. The lowest BCUT2D eigenvalue weighted by Crippen LogP contribution is -2.38. The highest BCUT2D eigenvalue weighted by Crippen LogP contribution is 2.32. The largest absolute Gasteiger partial charge is 0.482 e. The third-order valence-corrected chi connectivity index (χ3v) is 5.27. The van der Waals surface area contributed by atoms with Gasteiger partial charge in [-0.1, -0.05) is 26.0 Å². The molecule has 0 spiro atoms. The summed E-state index contributed by atoms with van der Waals surface area (Å²) in [5.41, 5.74) is 0.884. The lowest BCUT2D eigenvalue weighted by Gasteiger charge is -2.28. The van der Waals surface area contributed by atoms with Gasteiger partial charge in [0.25, 0.3) is 11.8 Å². The third kappa shape index (κ3) is 5.38. The van der Waals surface area contributed by atoms with Crippen LogP contribution in [0, 0.1) is 0 Å². The summed E-state index contributed by atoms with van der Waals surface area (Å²) < 4.78 is 10.9. The van der Waals surface area contributed by atoms with Crippen LogP contribution in [-0.4, -0.2) is 54.0 Å². The van der Waals surface area contributed by atoms with Gasteiger partial charge in [0, 0.05) is 6.04 Å². The van der Waals surface area contributed by atoms with Crippen LogP contribution in [0.5, 0.6) is 5.75 Å². The zero-order valence-corrected chi connectivity index (χ0v) is 17.9. The highest BCUT2D eigenvalue weighted by molar-refractivity contribution is 5.97. The van der Waals surface area contributed by atoms with E-state index in [1.807, 2.05) is 31.2 Å². The fraction of sp³-hybridized carbons (Fsp3) is 0.500. The van der Waals surface area contributed by atoms with Crippen LogP contribution >= 0.6 is 0 Å². The Labute approximate surface area is 177 Å². The van der Waals surface area contributed by atoms with Crippen molar-refractivity contribution in [1.82, 2.24) is 15.2 Å². The number of nitrogens with zero attached hydrogens (tertiary/aromatic N) is 3. The summed E-state index contributed by atoms with van der Waals surface area (Å²) in [6, 6.07) is 7.35. The standard InChI is InChI=1S/C22H30N4O4/c1-4-25(5-2)12-8-9-16(3)23-22(28)17-14-30-20(24-17)13-26-18-10-6-7-11-19(18)29-15-21(26)27/h6-7,10-11,14,16H,4-5,8-9,12-13,15H2,1-3H3,(H,23,28)/t16-/m1/s1. The Hall–Kier alpha value is -2.87. The highest BCUT2D eigenvalue weighted by Gasteiger charge is 2.27. The van der Waals surface area contributed by atoms with Crippen molar-refractivity contribution >= 4 is 17.5 Å². The van der Waals surface area contributed by atoms with Crippen LogP contribution in [-0.2, 0) is 11.3 Å². The summed E-state index contributed by atoms with van der Waals surface area (Å²) in [6.07, 6.45) is 3.25. The number of benzene rings is 1. The van der Waals surface area contributed by atoms with E-state index in [1.54, 1.807) is 4.90 Å². The molecule has 30 heavy (non-hydrogen) atoms. The van der Waals surface area contributed by atoms with Gasteiger partial charge in [-0.05, 0) is 51.5 Å².